The van der Waals surface area contributed by atoms with Crippen LogP contribution in [0.15, 0.2) is 42.6 Å². The second kappa shape index (κ2) is 6.02. The Morgan fingerprint density at radius 2 is 2.11 bits per heavy atom. The van der Waals surface area contributed by atoms with Crippen LogP contribution in [0.1, 0.15) is 32.0 Å². The lowest BCUT2D eigenvalue weighted by atomic mass is 9.75. The van der Waals surface area contributed by atoms with Crippen LogP contribution in [0.4, 0.5) is 0 Å². The fourth-order valence-electron chi connectivity index (χ4n) is 4.62. The summed E-state index contributed by atoms with van der Waals surface area (Å²) < 4.78 is 2.22. The van der Waals surface area contributed by atoms with Crippen LogP contribution < -0.4 is 5.32 Å². The maximum atomic E-state index is 5.48. The maximum Gasteiger partial charge on any atom is 0.168 e. The Labute approximate surface area is 164 Å². The molecule has 1 saturated heterocycles. The van der Waals surface area contributed by atoms with Crippen LogP contribution >= 0.6 is 12.2 Å². The molecule has 0 radical (unpaired) electrons. The average Bonchev–Trinajstić information content (AvgIpc) is 3.19. The lowest BCUT2D eigenvalue weighted by Crippen LogP contribution is -2.62. The number of hydrogen-bond donors (Lipinski definition) is 1. The zero-order chi connectivity index (χ0) is 18.6. The van der Waals surface area contributed by atoms with Crippen molar-refractivity contribution in [3.05, 3.63) is 48.3 Å². The second-order valence-corrected chi connectivity index (χ2v) is 8.19. The van der Waals surface area contributed by atoms with E-state index in [1.54, 1.807) is 0 Å². The van der Waals surface area contributed by atoms with E-state index < -0.39 is 0 Å². The number of rotatable bonds is 2. The van der Waals surface area contributed by atoms with Crippen molar-refractivity contribution in [3.63, 3.8) is 0 Å². The standard InChI is InChI=1S/C21H23N5S/c1-3-22-20(27)25-12-21(13-25)10-14(2)26-19(21)9-18(24-26)16-8-15-6-4-5-7-17(15)23-11-16/h4-9,11,14H,3,10,12-13H2,1-2H3,(H,22,27). The van der Waals surface area contributed by atoms with Gasteiger partial charge in [0.05, 0.1) is 17.3 Å². The third-order valence-electron chi connectivity index (χ3n) is 5.87. The number of benzene rings is 1. The van der Waals surface area contributed by atoms with Crippen LogP contribution in [0.25, 0.3) is 22.2 Å². The number of para-hydroxylation sites is 1. The van der Waals surface area contributed by atoms with Crippen molar-refractivity contribution in [2.45, 2.75) is 31.7 Å². The first-order valence-corrected chi connectivity index (χ1v) is 9.98. The second-order valence-electron chi connectivity index (χ2n) is 7.80. The quantitative estimate of drug-likeness (QED) is 0.693. The van der Waals surface area contributed by atoms with Crippen molar-refractivity contribution in [1.82, 2.24) is 25.0 Å². The summed E-state index contributed by atoms with van der Waals surface area (Å²) >= 11 is 5.48. The Balaban J connectivity index is 1.47. The Morgan fingerprint density at radius 1 is 1.30 bits per heavy atom. The van der Waals surface area contributed by atoms with Gasteiger partial charge < -0.3 is 10.2 Å². The molecule has 0 bridgehead atoms. The Hall–Kier alpha value is -2.47. The lowest BCUT2D eigenvalue weighted by molar-refractivity contribution is 0.135. The SMILES string of the molecule is CCNC(=S)N1CC2(CC(C)n3nc(-c4cnc5ccccc5c4)cc32)C1. The largest absolute Gasteiger partial charge is 0.363 e. The van der Waals surface area contributed by atoms with Gasteiger partial charge in [-0.3, -0.25) is 9.67 Å². The van der Waals surface area contributed by atoms with Crippen LogP contribution in [-0.2, 0) is 5.41 Å². The van der Waals surface area contributed by atoms with Crippen molar-refractivity contribution >= 4 is 28.2 Å². The number of hydrogen-bond acceptors (Lipinski definition) is 3. The molecule has 2 aliphatic rings. The van der Waals surface area contributed by atoms with Gasteiger partial charge in [-0.05, 0) is 50.7 Å². The minimum absolute atomic E-state index is 0.175. The molecule has 138 valence electrons. The highest BCUT2D eigenvalue weighted by Crippen LogP contribution is 2.48. The highest BCUT2D eigenvalue weighted by atomic mass is 32.1. The molecule has 1 atom stereocenters. The molecule has 27 heavy (non-hydrogen) atoms. The van der Waals surface area contributed by atoms with Gasteiger partial charge in [0.25, 0.3) is 0 Å². The van der Waals surface area contributed by atoms with E-state index in [0.717, 1.165) is 53.3 Å². The Morgan fingerprint density at radius 3 is 2.93 bits per heavy atom. The summed E-state index contributed by atoms with van der Waals surface area (Å²) in [7, 11) is 0. The molecule has 5 nitrogen and oxygen atoms in total. The minimum atomic E-state index is 0.175. The normalized spacial score (nSPS) is 19.9. The highest BCUT2D eigenvalue weighted by Gasteiger charge is 2.52. The summed E-state index contributed by atoms with van der Waals surface area (Å²) in [6.45, 7) is 7.17. The summed E-state index contributed by atoms with van der Waals surface area (Å²) in [4.78, 5) is 6.87. The van der Waals surface area contributed by atoms with E-state index >= 15 is 0 Å². The number of nitrogens with zero attached hydrogens (tertiary/aromatic N) is 4. The number of thiocarbonyl (C=S) groups is 1. The maximum absolute atomic E-state index is 5.48. The molecular weight excluding hydrogens is 354 g/mol. The first-order valence-electron chi connectivity index (χ1n) is 9.58. The molecule has 1 aromatic carbocycles. The van der Waals surface area contributed by atoms with Crippen LogP contribution in [0.5, 0.6) is 0 Å². The van der Waals surface area contributed by atoms with Gasteiger partial charge in [0.2, 0.25) is 0 Å². The van der Waals surface area contributed by atoms with Gasteiger partial charge in [-0.15, -0.1) is 0 Å². The van der Waals surface area contributed by atoms with Gasteiger partial charge in [-0.2, -0.15) is 5.10 Å². The van der Waals surface area contributed by atoms with Crippen molar-refractivity contribution in [2.75, 3.05) is 19.6 Å². The van der Waals surface area contributed by atoms with Crippen LogP contribution in [-0.4, -0.2) is 44.4 Å². The molecule has 0 aliphatic carbocycles. The first-order chi connectivity index (χ1) is 13.1. The predicted octanol–water partition coefficient (Wildman–Crippen LogP) is 3.51. The van der Waals surface area contributed by atoms with E-state index in [1.807, 2.05) is 24.4 Å². The summed E-state index contributed by atoms with van der Waals surface area (Å²) in [5, 5.41) is 10.2. The monoisotopic (exact) mass is 377 g/mol. The number of pyridine rings is 1. The zero-order valence-electron chi connectivity index (χ0n) is 15.6. The lowest BCUT2D eigenvalue weighted by Gasteiger charge is -2.49. The molecule has 3 aromatic rings. The van der Waals surface area contributed by atoms with E-state index in [9.17, 15) is 0 Å². The minimum Gasteiger partial charge on any atom is -0.363 e. The number of aromatic nitrogens is 3. The topological polar surface area (TPSA) is 46.0 Å². The fourth-order valence-corrected chi connectivity index (χ4v) is 4.89. The van der Waals surface area contributed by atoms with E-state index in [0.29, 0.717) is 6.04 Å². The Bertz CT molecular complexity index is 1030. The summed E-state index contributed by atoms with van der Waals surface area (Å²) in [6, 6.07) is 13.1. The van der Waals surface area contributed by atoms with Crippen LogP contribution in [0, 0.1) is 0 Å². The van der Waals surface area contributed by atoms with Crippen molar-refractivity contribution in [3.8, 4) is 11.3 Å². The average molecular weight is 378 g/mol. The number of nitrogens with one attached hydrogen (secondary N) is 1. The zero-order valence-corrected chi connectivity index (χ0v) is 16.5. The van der Waals surface area contributed by atoms with Crippen molar-refractivity contribution in [2.24, 2.45) is 0 Å². The molecule has 4 heterocycles. The third-order valence-corrected chi connectivity index (χ3v) is 6.27. The van der Waals surface area contributed by atoms with E-state index in [1.165, 1.54) is 5.69 Å². The van der Waals surface area contributed by atoms with Gasteiger partial charge in [0.15, 0.2) is 5.11 Å². The van der Waals surface area contributed by atoms with E-state index in [2.05, 4.69) is 51.9 Å². The fraction of sp³-hybridized carbons (Fsp3) is 0.381. The van der Waals surface area contributed by atoms with Gasteiger partial charge in [0, 0.05) is 47.9 Å². The summed E-state index contributed by atoms with van der Waals surface area (Å²) in [5.41, 5.74) is 4.63. The molecule has 5 rings (SSSR count). The molecule has 0 amide bonds. The molecule has 1 fully saturated rings. The summed E-state index contributed by atoms with van der Waals surface area (Å²) in [5.74, 6) is 0. The third kappa shape index (κ3) is 2.54. The van der Waals surface area contributed by atoms with Crippen molar-refractivity contribution in [1.29, 1.82) is 0 Å². The van der Waals surface area contributed by atoms with Gasteiger partial charge in [-0.25, -0.2) is 0 Å². The van der Waals surface area contributed by atoms with Crippen LogP contribution in [0.2, 0.25) is 0 Å². The van der Waals surface area contributed by atoms with Gasteiger partial charge >= 0.3 is 0 Å². The molecule has 1 spiro atoms. The van der Waals surface area contributed by atoms with Crippen molar-refractivity contribution < 1.29 is 0 Å². The summed E-state index contributed by atoms with van der Waals surface area (Å²) in [6.07, 6.45) is 3.07. The molecule has 2 aromatic heterocycles. The smallest absolute Gasteiger partial charge is 0.168 e. The molecule has 1 N–H and O–H groups in total. The molecule has 0 saturated carbocycles. The van der Waals surface area contributed by atoms with Crippen LogP contribution in [0.3, 0.4) is 0 Å². The predicted molar refractivity (Wildman–Crippen MR) is 112 cm³/mol. The highest BCUT2D eigenvalue weighted by molar-refractivity contribution is 7.80. The van der Waals surface area contributed by atoms with Gasteiger partial charge in [0.1, 0.15) is 0 Å². The Kier molecular flexibility index (Phi) is 3.72. The number of fused-ring (bicyclic) bond motifs is 3. The number of likely N-dealkylation sites (tertiary alicyclic amines) is 1. The first kappa shape index (κ1) is 16.7. The molecular formula is C21H23N5S. The molecule has 2 aliphatic heterocycles. The van der Waals surface area contributed by atoms with E-state index in [-0.39, 0.29) is 5.41 Å². The molecule has 1 unspecified atom stereocenters. The molecule has 6 heteroatoms. The van der Waals surface area contributed by atoms with E-state index in [4.69, 9.17) is 17.3 Å². The van der Waals surface area contributed by atoms with Gasteiger partial charge in [-0.1, -0.05) is 18.2 Å².